The fourth-order valence-electron chi connectivity index (χ4n) is 3.48. The highest BCUT2D eigenvalue weighted by molar-refractivity contribution is 8.07. The first-order chi connectivity index (χ1) is 8.72. The van der Waals surface area contributed by atoms with Crippen molar-refractivity contribution in [2.24, 2.45) is 11.8 Å². The molecule has 0 aromatic rings. The van der Waals surface area contributed by atoms with E-state index in [-0.39, 0.29) is 0 Å². The van der Waals surface area contributed by atoms with E-state index in [1.807, 2.05) is 0 Å². The Hall–Kier alpha value is 0.660. The minimum atomic E-state index is 0.760. The van der Waals surface area contributed by atoms with Crippen LogP contribution in [0.15, 0.2) is 0 Å². The molecular weight excluding hydrogens is 258 g/mol. The van der Waals surface area contributed by atoms with Gasteiger partial charge in [0, 0.05) is 28.0 Å². The largest absolute Gasteiger partial charge is 0.313 e. The van der Waals surface area contributed by atoms with Crippen molar-refractivity contribution in [3.05, 3.63) is 0 Å². The van der Waals surface area contributed by atoms with Crippen LogP contribution in [0.5, 0.6) is 0 Å². The Morgan fingerprint density at radius 1 is 1.06 bits per heavy atom. The van der Waals surface area contributed by atoms with Crippen molar-refractivity contribution in [2.45, 2.75) is 63.0 Å². The normalized spacial score (nSPS) is 39.5. The molecule has 1 saturated heterocycles. The van der Waals surface area contributed by atoms with Crippen LogP contribution in [0.1, 0.15) is 46.5 Å². The first kappa shape index (κ1) is 15.1. The summed E-state index contributed by atoms with van der Waals surface area (Å²) in [5.41, 5.74) is 0. The minimum Gasteiger partial charge on any atom is -0.313 e. The summed E-state index contributed by atoms with van der Waals surface area (Å²) in [5, 5.41) is 5.49. The van der Waals surface area contributed by atoms with Gasteiger partial charge < -0.3 is 5.32 Å². The molecule has 1 nitrogen and oxygen atoms in total. The predicted molar refractivity (Wildman–Crippen MR) is 86.8 cm³/mol. The van der Waals surface area contributed by atoms with Gasteiger partial charge in [-0.2, -0.15) is 23.5 Å². The summed E-state index contributed by atoms with van der Waals surface area (Å²) < 4.78 is 0. The highest BCUT2D eigenvalue weighted by atomic mass is 32.2. The van der Waals surface area contributed by atoms with Crippen molar-refractivity contribution in [2.75, 3.05) is 18.1 Å². The molecule has 3 unspecified atom stereocenters. The lowest BCUT2D eigenvalue weighted by atomic mass is 9.78. The van der Waals surface area contributed by atoms with E-state index < -0.39 is 0 Å². The molecule has 0 aromatic heterocycles. The predicted octanol–water partition coefficient (Wildman–Crippen LogP) is 4.03. The lowest BCUT2D eigenvalue weighted by Gasteiger charge is -2.41. The summed E-state index contributed by atoms with van der Waals surface area (Å²) in [6.45, 7) is 8.26. The van der Waals surface area contributed by atoms with Gasteiger partial charge in [0.25, 0.3) is 0 Å². The average Bonchev–Trinajstić information content (AvgIpc) is 2.38. The average molecular weight is 288 g/mol. The SMILES string of the molecule is CCNC(C1CCC(C)CC1)C1SCCSC1C. The van der Waals surface area contributed by atoms with E-state index in [9.17, 15) is 0 Å². The molecule has 2 fully saturated rings. The van der Waals surface area contributed by atoms with Gasteiger partial charge in [-0.3, -0.25) is 0 Å². The third-order valence-electron chi connectivity index (χ3n) is 4.60. The van der Waals surface area contributed by atoms with Crippen LogP contribution < -0.4 is 5.32 Å². The van der Waals surface area contributed by atoms with Gasteiger partial charge in [-0.15, -0.1) is 0 Å². The van der Waals surface area contributed by atoms with Crippen LogP contribution in [0, 0.1) is 11.8 Å². The Balaban J connectivity index is 1.97. The summed E-state index contributed by atoms with van der Waals surface area (Å²) in [4.78, 5) is 0. The molecule has 2 aliphatic rings. The molecule has 18 heavy (non-hydrogen) atoms. The van der Waals surface area contributed by atoms with E-state index in [0.717, 1.165) is 34.9 Å². The summed E-state index contributed by atoms with van der Waals surface area (Å²) in [5.74, 6) is 4.60. The molecule has 1 aliphatic carbocycles. The van der Waals surface area contributed by atoms with Crippen molar-refractivity contribution >= 4 is 23.5 Å². The maximum absolute atomic E-state index is 3.83. The molecule has 0 spiro atoms. The Labute approximate surface area is 122 Å². The van der Waals surface area contributed by atoms with Crippen LogP contribution in [0.3, 0.4) is 0 Å². The lowest BCUT2D eigenvalue weighted by molar-refractivity contribution is 0.227. The maximum atomic E-state index is 3.83. The first-order valence-corrected chi connectivity index (χ1v) is 9.78. The molecule has 0 radical (unpaired) electrons. The van der Waals surface area contributed by atoms with Gasteiger partial charge in [-0.05, 0) is 31.2 Å². The number of hydrogen-bond acceptors (Lipinski definition) is 3. The van der Waals surface area contributed by atoms with Crippen LogP contribution in [0.2, 0.25) is 0 Å². The number of nitrogens with one attached hydrogen (secondary N) is 1. The quantitative estimate of drug-likeness (QED) is 0.838. The highest BCUT2D eigenvalue weighted by Gasteiger charge is 2.35. The lowest BCUT2D eigenvalue weighted by Crippen LogP contribution is -2.49. The molecule has 1 N–H and O–H groups in total. The number of hydrogen-bond donors (Lipinski definition) is 1. The molecule has 2 rings (SSSR count). The van der Waals surface area contributed by atoms with E-state index in [1.54, 1.807) is 0 Å². The summed E-state index contributed by atoms with van der Waals surface area (Å²) >= 11 is 4.41. The molecule has 3 atom stereocenters. The Morgan fingerprint density at radius 2 is 1.72 bits per heavy atom. The zero-order chi connectivity index (χ0) is 13.0. The van der Waals surface area contributed by atoms with Crippen molar-refractivity contribution in [3.63, 3.8) is 0 Å². The van der Waals surface area contributed by atoms with Gasteiger partial charge in [0.15, 0.2) is 0 Å². The highest BCUT2D eigenvalue weighted by Crippen LogP contribution is 2.39. The summed E-state index contributed by atoms with van der Waals surface area (Å²) in [6, 6.07) is 0.760. The standard InChI is InChI=1S/C15H29NS2/c1-4-16-14(13-7-5-11(2)6-8-13)15-12(3)17-9-10-18-15/h11-16H,4-10H2,1-3H3. The maximum Gasteiger partial charge on any atom is 0.0320 e. The Morgan fingerprint density at radius 3 is 2.33 bits per heavy atom. The van der Waals surface area contributed by atoms with Gasteiger partial charge in [0.1, 0.15) is 0 Å². The molecule has 0 bridgehead atoms. The molecule has 106 valence electrons. The van der Waals surface area contributed by atoms with Gasteiger partial charge in [-0.25, -0.2) is 0 Å². The summed E-state index contributed by atoms with van der Waals surface area (Å²) in [7, 11) is 0. The molecule has 3 heteroatoms. The van der Waals surface area contributed by atoms with Crippen LogP contribution in [0.4, 0.5) is 0 Å². The van der Waals surface area contributed by atoms with Crippen molar-refractivity contribution < 1.29 is 0 Å². The molecule has 0 aromatic carbocycles. The van der Waals surface area contributed by atoms with Crippen molar-refractivity contribution in [1.29, 1.82) is 0 Å². The first-order valence-electron chi connectivity index (χ1n) is 7.69. The van der Waals surface area contributed by atoms with E-state index in [4.69, 9.17) is 0 Å². The topological polar surface area (TPSA) is 12.0 Å². The monoisotopic (exact) mass is 287 g/mol. The zero-order valence-corrected chi connectivity index (χ0v) is 13.8. The smallest absolute Gasteiger partial charge is 0.0320 e. The summed E-state index contributed by atoms with van der Waals surface area (Å²) in [6.07, 6.45) is 5.80. The van der Waals surface area contributed by atoms with Crippen molar-refractivity contribution in [3.8, 4) is 0 Å². The van der Waals surface area contributed by atoms with E-state index >= 15 is 0 Å². The molecule has 1 aliphatic heterocycles. The second-order valence-corrected chi connectivity index (χ2v) is 8.79. The second kappa shape index (κ2) is 7.44. The molecule has 1 heterocycles. The number of rotatable bonds is 4. The number of thioether (sulfide) groups is 2. The van der Waals surface area contributed by atoms with Crippen LogP contribution in [-0.4, -0.2) is 34.6 Å². The Bertz CT molecular complexity index is 239. The van der Waals surface area contributed by atoms with Gasteiger partial charge in [0.2, 0.25) is 0 Å². The van der Waals surface area contributed by atoms with Crippen molar-refractivity contribution in [1.82, 2.24) is 5.32 Å². The van der Waals surface area contributed by atoms with E-state index in [0.29, 0.717) is 0 Å². The fourth-order valence-corrected chi connectivity index (χ4v) is 6.52. The van der Waals surface area contributed by atoms with Crippen LogP contribution in [0.25, 0.3) is 0 Å². The van der Waals surface area contributed by atoms with E-state index in [2.05, 4.69) is 49.6 Å². The van der Waals surface area contributed by atoms with Gasteiger partial charge in [0.05, 0.1) is 0 Å². The van der Waals surface area contributed by atoms with Gasteiger partial charge in [-0.1, -0.05) is 33.6 Å². The minimum absolute atomic E-state index is 0.760. The fraction of sp³-hybridized carbons (Fsp3) is 1.00. The molecule has 0 amide bonds. The molecular formula is C15H29NS2. The molecule has 1 saturated carbocycles. The Kier molecular flexibility index (Phi) is 6.23. The zero-order valence-electron chi connectivity index (χ0n) is 12.2. The van der Waals surface area contributed by atoms with Crippen LogP contribution in [-0.2, 0) is 0 Å². The second-order valence-electron chi connectivity index (χ2n) is 6.01. The van der Waals surface area contributed by atoms with Crippen LogP contribution >= 0.6 is 23.5 Å². The van der Waals surface area contributed by atoms with E-state index in [1.165, 1.54) is 37.2 Å². The van der Waals surface area contributed by atoms with Gasteiger partial charge >= 0.3 is 0 Å². The third-order valence-corrected chi connectivity index (χ3v) is 7.81. The third kappa shape index (κ3) is 3.83.